The maximum absolute atomic E-state index is 11.1. The molecule has 1 rings (SSSR count). The fourth-order valence-electron chi connectivity index (χ4n) is 1.39. The monoisotopic (exact) mass is 172 g/mol. The molecule has 0 aromatic heterocycles. The van der Waals surface area contributed by atoms with E-state index >= 15 is 0 Å². The highest BCUT2D eigenvalue weighted by Gasteiger charge is 2.33. The molecule has 0 saturated carbocycles. The normalized spacial score (nSPS) is 34.4. The second kappa shape index (κ2) is 2.86. The van der Waals surface area contributed by atoms with Crippen molar-refractivity contribution in [2.75, 3.05) is 11.5 Å². The van der Waals surface area contributed by atoms with Gasteiger partial charge >= 0.3 is 0 Å². The van der Waals surface area contributed by atoms with Crippen LogP contribution >= 0.6 is 0 Å². The van der Waals surface area contributed by atoms with Gasteiger partial charge in [0.25, 0.3) is 0 Å². The van der Waals surface area contributed by atoms with Crippen molar-refractivity contribution in [3.8, 4) is 11.8 Å². The van der Waals surface area contributed by atoms with Crippen LogP contribution in [0.2, 0.25) is 0 Å². The molecule has 0 spiro atoms. The molecule has 3 heteroatoms. The second-order valence-electron chi connectivity index (χ2n) is 3.06. The van der Waals surface area contributed by atoms with Gasteiger partial charge in [-0.3, -0.25) is 0 Å². The first kappa shape index (κ1) is 8.61. The lowest BCUT2D eigenvalue weighted by Crippen LogP contribution is -2.05. The van der Waals surface area contributed by atoms with Crippen LogP contribution < -0.4 is 0 Å². The lowest BCUT2D eigenvalue weighted by molar-refractivity contribution is 0.559. The smallest absolute Gasteiger partial charge is 0.151 e. The van der Waals surface area contributed by atoms with Crippen molar-refractivity contribution in [2.45, 2.75) is 13.8 Å². The summed E-state index contributed by atoms with van der Waals surface area (Å²) in [6.45, 7) is 3.69. The SMILES string of the molecule is CC#CC1CS(=O)(=O)CC1C. The van der Waals surface area contributed by atoms with Gasteiger partial charge in [0, 0.05) is 5.92 Å². The van der Waals surface area contributed by atoms with Crippen molar-refractivity contribution in [3.05, 3.63) is 0 Å². The molecule has 0 N–H and O–H groups in total. The van der Waals surface area contributed by atoms with Crippen LogP contribution in [0.1, 0.15) is 13.8 Å². The van der Waals surface area contributed by atoms with E-state index in [2.05, 4.69) is 11.8 Å². The molecule has 2 atom stereocenters. The van der Waals surface area contributed by atoms with E-state index in [1.807, 2.05) is 6.92 Å². The molecule has 1 fully saturated rings. The van der Waals surface area contributed by atoms with E-state index in [1.54, 1.807) is 6.92 Å². The quantitative estimate of drug-likeness (QED) is 0.504. The molecule has 62 valence electrons. The fraction of sp³-hybridized carbons (Fsp3) is 0.750. The highest BCUT2D eigenvalue weighted by Crippen LogP contribution is 2.23. The summed E-state index contributed by atoms with van der Waals surface area (Å²) in [5, 5.41) is 0. The molecule has 0 aliphatic carbocycles. The van der Waals surface area contributed by atoms with Gasteiger partial charge in [0.05, 0.1) is 11.5 Å². The van der Waals surface area contributed by atoms with E-state index in [-0.39, 0.29) is 17.6 Å². The average molecular weight is 172 g/mol. The van der Waals surface area contributed by atoms with E-state index in [0.29, 0.717) is 5.75 Å². The minimum atomic E-state index is -2.77. The molecule has 1 saturated heterocycles. The summed E-state index contributed by atoms with van der Waals surface area (Å²) in [5.74, 6) is 6.54. The molecule has 1 heterocycles. The zero-order valence-electron chi connectivity index (χ0n) is 6.79. The minimum Gasteiger partial charge on any atom is -0.229 e. The fourth-order valence-corrected chi connectivity index (χ4v) is 3.52. The first-order valence-electron chi connectivity index (χ1n) is 3.68. The molecule has 0 bridgehead atoms. The zero-order valence-corrected chi connectivity index (χ0v) is 7.61. The number of rotatable bonds is 0. The maximum Gasteiger partial charge on any atom is 0.151 e. The van der Waals surface area contributed by atoms with Crippen LogP contribution in [0.5, 0.6) is 0 Å². The lowest BCUT2D eigenvalue weighted by Gasteiger charge is -2.02. The predicted molar refractivity (Wildman–Crippen MR) is 44.8 cm³/mol. The summed E-state index contributed by atoms with van der Waals surface area (Å²) in [4.78, 5) is 0. The predicted octanol–water partition coefficient (Wildman–Crippen LogP) is 0.690. The Morgan fingerprint density at radius 3 is 2.36 bits per heavy atom. The van der Waals surface area contributed by atoms with Gasteiger partial charge in [-0.05, 0) is 12.8 Å². The molecule has 0 aromatic carbocycles. The molecule has 0 aromatic rings. The van der Waals surface area contributed by atoms with Crippen molar-refractivity contribution in [1.82, 2.24) is 0 Å². The van der Waals surface area contributed by atoms with Crippen molar-refractivity contribution < 1.29 is 8.42 Å². The Labute approximate surface area is 67.9 Å². The van der Waals surface area contributed by atoms with E-state index < -0.39 is 9.84 Å². The van der Waals surface area contributed by atoms with E-state index in [4.69, 9.17) is 0 Å². The van der Waals surface area contributed by atoms with Crippen LogP contribution in [-0.2, 0) is 9.84 Å². The second-order valence-corrected chi connectivity index (χ2v) is 5.21. The van der Waals surface area contributed by atoms with Crippen LogP contribution in [0.4, 0.5) is 0 Å². The summed E-state index contributed by atoms with van der Waals surface area (Å²) < 4.78 is 22.1. The Balaban J connectivity index is 2.80. The van der Waals surface area contributed by atoms with Gasteiger partial charge < -0.3 is 0 Å². The maximum atomic E-state index is 11.1. The van der Waals surface area contributed by atoms with E-state index in [9.17, 15) is 8.42 Å². The molecular weight excluding hydrogens is 160 g/mol. The standard InChI is InChI=1S/C8H12O2S/c1-3-4-8-6-11(9,10)5-7(8)2/h7-8H,5-6H2,1-2H3. The van der Waals surface area contributed by atoms with E-state index in [0.717, 1.165) is 0 Å². The van der Waals surface area contributed by atoms with Gasteiger partial charge in [-0.25, -0.2) is 8.42 Å². The van der Waals surface area contributed by atoms with Crippen LogP contribution in [0.15, 0.2) is 0 Å². The first-order chi connectivity index (χ1) is 5.05. The van der Waals surface area contributed by atoms with Crippen molar-refractivity contribution in [1.29, 1.82) is 0 Å². The first-order valence-corrected chi connectivity index (χ1v) is 5.50. The topological polar surface area (TPSA) is 34.1 Å². The van der Waals surface area contributed by atoms with Crippen LogP contribution in [-0.4, -0.2) is 19.9 Å². The molecule has 1 aliphatic rings. The lowest BCUT2D eigenvalue weighted by atomic mass is 9.99. The highest BCUT2D eigenvalue weighted by molar-refractivity contribution is 7.91. The minimum absolute atomic E-state index is 0.0741. The van der Waals surface area contributed by atoms with Gasteiger partial charge in [0.15, 0.2) is 9.84 Å². The molecule has 1 aliphatic heterocycles. The van der Waals surface area contributed by atoms with Crippen molar-refractivity contribution in [3.63, 3.8) is 0 Å². The van der Waals surface area contributed by atoms with Gasteiger partial charge in [-0.15, -0.1) is 5.92 Å². The Bertz CT molecular complexity index is 292. The van der Waals surface area contributed by atoms with Gasteiger partial charge in [0.2, 0.25) is 0 Å². The summed E-state index contributed by atoms with van der Waals surface area (Å²) in [7, 11) is -2.77. The van der Waals surface area contributed by atoms with Gasteiger partial charge in [-0.1, -0.05) is 12.8 Å². The molecule has 2 nitrogen and oxygen atoms in total. The van der Waals surface area contributed by atoms with Crippen LogP contribution in [0.25, 0.3) is 0 Å². The summed E-state index contributed by atoms with van der Waals surface area (Å²) >= 11 is 0. The summed E-state index contributed by atoms with van der Waals surface area (Å²) in [5.41, 5.74) is 0. The van der Waals surface area contributed by atoms with E-state index in [1.165, 1.54) is 0 Å². The highest BCUT2D eigenvalue weighted by atomic mass is 32.2. The van der Waals surface area contributed by atoms with Crippen molar-refractivity contribution in [2.24, 2.45) is 11.8 Å². The molecule has 0 radical (unpaired) electrons. The zero-order chi connectivity index (χ0) is 8.48. The summed E-state index contributed by atoms with van der Waals surface area (Å²) in [6.07, 6.45) is 0. The van der Waals surface area contributed by atoms with Crippen LogP contribution in [0.3, 0.4) is 0 Å². The largest absolute Gasteiger partial charge is 0.229 e. The number of hydrogen-bond acceptors (Lipinski definition) is 2. The van der Waals surface area contributed by atoms with Gasteiger partial charge in [0.1, 0.15) is 0 Å². The Kier molecular flexibility index (Phi) is 2.24. The third-order valence-corrected chi connectivity index (χ3v) is 3.87. The molecular formula is C8H12O2S. The van der Waals surface area contributed by atoms with Gasteiger partial charge in [-0.2, -0.15) is 0 Å². The number of sulfone groups is 1. The average Bonchev–Trinajstić information content (AvgIpc) is 2.07. The molecule has 0 amide bonds. The summed E-state index contributed by atoms with van der Waals surface area (Å²) in [6, 6.07) is 0. The third-order valence-electron chi connectivity index (χ3n) is 1.97. The Morgan fingerprint density at radius 2 is 2.00 bits per heavy atom. The van der Waals surface area contributed by atoms with Crippen molar-refractivity contribution >= 4 is 9.84 Å². The van der Waals surface area contributed by atoms with Crippen LogP contribution in [0, 0.1) is 23.7 Å². The third kappa shape index (κ3) is 1.97. The Morgan fingerprint density at radius 1 is 1.36 bits per heavy atom. The molecule has 11 heavy (non-hydrogen) atoms. The Hall–Kier alpha value is -0.490. The molecule has 2 unspecified atom stereocenters. The number of hydrogen-bond donors (Lipinski definition) is 0.